The molecule has 2 aromatic rings. The molecule has 0 spiro atoms. The van der Waals surface area contributed by atoms with Crippen molar-refractivity contribution >= 4 is 27.5 Å². The minimum Gasteiger partial charge on any atom is -0.306 e. The van der Waals surface area contributed by atoms with Crippen LogP contribution in [0.15, 0.2) is 34.8 Å². The summed E-state index contributed by atoms with van der Waals surface area (Å²) in [6.45, 7) is 2.19. The first-order valence-corrected chi connectivity index (χ1v) is 7.44. The second kappa shape index (κ2) is 6.81. The van der Waals surface area contributed by atoms with Crippen molar-refractivity contribution in [3.8, 4) is 0 Å². The van der Waals surface area contributed by atoms with E-state index in [1.807, 2.05) is 0 Å². The molecule has 21 heavy (non-hydrogen) atoms. The van der Waals surface area contributed by atoms with Crippen LogP contribution < -0.4 is 5.32 Å². The Morgan fingerprint density at radius 1 is 1.10 bits per heavy atom. The Balaban J connectivity index is 2.59. The first-order chi connectivity index (χ1) is 9.93. The number of benzene rings is 2. The molecule has 0 saturated heterocycles. The van der Waals surface area contributed by atoms with Gasteiger partial charge in [-0.25, -0.2) is 13.2 Å². The van der Waals surface area contributed by atoms with E-state index in [1.165, 1.54) is 12.1 Å². The number of nitrogens with one attached hydrogen (secondary N) is 1. The Labute approximate surface area is 134 Å². The molecule has 0 aliphatic rings. The second-order valence-electron chi connectivity index (χ2n) is 4.44. The molecular formula is C15H12BrClF3N. The molecule has 2 rings (SSSR count). The summed E-state index contributed by atoms with van der Waals surface area (Å²) in [5.74, 6) is -2.11. The highest BCUT2D eigenvalue weighted by atomic mass is 79.9. The van der Waals surface area contributed by atoms with Crippen LogP contribution in [0.2, 0.25) is 5.02 Å². The van der Waals surface area contributed by atoms with E-state index in [9.17, 15) is 13.2 Å². The van der Waals surface area contributed by atoms with Crippen LogP contribution in [-0.2, 0) is 0 Å². The monoisotopic (exact) mass is 377 g/mol. The SMILES string of the molecule is CCNC(c1ccc(Cl)cc1F)c1c(F)cc(Br)cc1F. The minimum atomic E-state index is -0.930. The van der Waals surface area contributed by atoms with Crippen molar-refractivity contribution in [3.63, 3.8) is 0 Å². The van der Waals surface area contributed by atoms with Gasteiger partial charge in [-0.15, -0.1) is 0 Å². The van der Waals surface area contributed by atoms with Crippen LogP contribution in [0.3, 0.4) is 0 Å². The summed E-state index contributed by atoms with van der Waals surface area (Å²) in [5.41, 5.74) is -0.0809. The van der Waals surface area contributed by atoms with Gasteiger partial charge in [0.05, 0.1) is 6.04 Å². The fourth-order valence-electron chi connectivity index (χ4n) is 2.14. The van der Waals surface area contributed by atoms with Gasteiger partial charge in [0.25, 0.3) is 0 Å². The molecule has 0 bridgehead atoms. The van der Waals surface area contributed by atoms with Gasteiger partial charge in [-0.2, -0.15) is 0 Å². The maximum absolute atomic E-state index is 14.1. The predicted octanol–water partition coefficient (Wildman–Crippen LogP) is 5.22. The Morgan fingerprint density at radius 3 is 2.24 bits per heavy atom. The third kappa shape index (κ3) is 3.59. The first-order valence-electron chi connectivity index (χ1n) is 6.26. The van der Waals surface area contributed by atoms with Gasteiger partial charge in [-0.05, 0) is 30.8 Å². The lowest BCUT2D eigenvalue weighted by molar-refractivity contribution is 0.494. The van der Waals surface area contributed by atoms with Crippen LogP contribution >= 0.6 is 27.5 Å². The predicted molar refractivity (Wildman–Crippen MR) is 81.0 cm³/mol. The molecule has 0 amide bonds. The van der Waals surface area contributed by atoms with Crippen LogP contribution in [0.4, 0.5) is 13.2 Å². The van der Waals surface area contributed by atoms with Crippen LogP contribution in [0, 0.1) is 17.5 Å². The highest BCUT2D eigenvalue weighted by molar-refractivity contribution is 9.10. The molecule has 6 heteroatoms. The third-order valence-electron chi connectivity index (χ3n) is 3.01. The van der Waals surface area contributed by atoms with Crippen LogP contribution in [0.5, 0.6) is 0 Å². The van der Waals surface area contributed by atoms with Gasteiger partial charge >= 0.3 is 0 Å². The fourth-order valence-corrected chi connectivity index (χ4v) is 2.70. The zero-order valence-electron chi connectivity index (χ0n) is 11.1. The second-order valence-corrected chi connectivity index (χ2v) is 5.79. The van der Waals surface area contributed by atoms with E-state index in [0.29, 0.717) is 6.54 Å². The third-order valence-corrected chi connectivity index (χ3v) is 3.71. The van der Waals surface area contributed by atoms with Crippen LogP contribution in [-0.4, -0.2) is 6.54 Å². The van der Waals surface area contributed by atoms with Gasteiger partial charge in [-0.1, -0.05) is 40.5 Å². The topological polar surface area (TPSA) is 12.0 Å². The molecule has 2 aromatic carbocycles. The summed E-state index contributed by atoms with van der Waals surface area (Å²) in [7, 11) is 0. The van der Waals surface area contributed by atoms with Crippen molar-refractivity contribution < 1.29 is 13.2 Å². The highest BCUT2D eigenvalue weighted by Crippen LogP contribution is 2.31. The molecule has 0 saturated carbocycles. The Hall–Kier alpha value is -1.04. The van der Waals surface area contributed by atoms with Crippen LogP contribution in [0.25, 0.3) is 0 Å². The van der Waals surface area contributed by atoms with E-state index >= 15 is 0 Å². The smallest absolute Gasteiger partial charge is 0.132 e. The number of halogens is 5. The molecule has 0 fully saturated rings. The normalized spacial score (nSPS) is 12.5. The molecule has 1 nitrogen and oxygen atoms in total. The van der Waals surface area contributed by atoms with Crippen molar-refractivity contribution in [3.05, 3.63) is 68.4 Å². The van der Waals surface area contributed by atoms with E-state index in [4.69, 9.17) is 11.6 Å². The van der Waals surface area contributed by atoms with Crippen molar-refractivity contribution in [2.45, 2.75) is 13.0 Å². The summed E-state index contributed by atoms with van der Waals surface area (Å²) < 4.78 is 42.6. The van der Waals surface area contributed by atoms with Crippen LogP contribution in [0.1, 0.15) is 24.1 Å². The van der Waals surface area contributed by atoms with Gasteiger partial charge in [0.2, 0.25) is 0 Å². The average Bonchev–Trinajstić information content (AvgIpc) is 2.37. The van der Waals surface area contributed by atoms with Gasteiger partial charge < -0.3 is 5.32 Å². The lowest BCUT2D eigenvalue weighted by Crippen LogP contribution is -2.25. The molecule has 0 heterocycles. The highest BCUT2D eigenvalue weighted by Gasteiger charge is 2.24. The van der Waals surface area contributed by atoms with E-state index in [0.717, 1.165) is 18.2 Å². The minimum absolute atomic E-state index is 0.140. The summed E-state index contributed by atoms with van der Waals surface area (Å²) in [6.07, 6.45) is 0. The zero-order chi connectivity index (χ0) is 15.6. The Bertz CT molecular complexity index is 640. The van der Waals surface area contributed by atoms with E-state index in [-0.39, 0.29) is 20.6 Å². The lowest BCUT2D eigenvalue weighted by atomic mass is 9.97. The molecule has 1 N–H and O–H groups in total. The number of rotatable bonds is 4. The fraction of sp³-hybridized carbons (Fsp3) is 0.200. The summed E-state index contributed by atoms with van der Waals surface area (Å²) in [5, 5.41) is 3.12. The van der Waals surface area contributed by atoms with Crippen molar-refractivity contribution in [1.82, 2.24) is 5.32 Å². The number of hydrogen-bond donors (Lipinski definition) is 1. The molecule has 1 atom stereocenters. The van der Waals surface area contributed by atoms with Crippen molar-refractivity contribution in [1.29, 1.82) is 0 Å². The van der Waals surface area contributed by atoms with E-state index in [1.54, 1.807) is 6.92 Å². The lowest BCUT2D eigenvalue weighted by Gasteiger charge is -2.21. The standard InChI is InChI=1S/C15H12BrClF3N/c1-2-21-15(10-4-3-9(17)7-11(10)18)14-12(19)5-8(16)6-13(14)20/h3-7,15,21H,2H2,1H3. The average molecular weight is 379 g/mol. The molecule has 0 aromatic heterocycles. The van der Waals surface area contributed by atoms with Gasteiger partial charge in [-0.3, -0.25) is 0 Å². The van der Waals surface area contributed by atoms with E-state index < -0.39 is 23.5 Å². The van der Waals surface area contributed by atoms with Gasteiger partial charge in [0.1, 0.15) is 17.5 Å². The van der Waals surface area contributed by atoms with Gasteiger partial charge in [0.15, 0.2) is 0 Å². The summed E-state index contributed by atoms with van der Waals surface area (Å²) in [4.78, 5) is 0. The Kier molecular flexibility index (Phi) is 5.30. The number of hydrogen-bond acceptors (Lipinski definition) is 1. The molecule has 112 valence electrons. The maximum Gasteiger partial charge on any atom is 0.132 e. The molecule has 0 aliphatic carbocycles. The quantitative estimate of drug-likeness (QED) is 0.769. The largest absolute Gasteiger partial charge is 0.306 e. The molecular weight excluding hydrogens is 367 g/mol. The molecule has 1 unspecified atom stereocenters. The Morgan fingerprint density at radius 2 is 1.71 bits per heavy atom. The summed E-state index contributed by atoms with van der Waals surface area (Å²) >= 11 is 8.74. The van der Waals surface area contributed by atoms with Crippen molar-refractivity contribution in [2.75, 3.05) is 6.54 Å². The van der Waals surface area contributed by atoms with Gasteiger partial charge in [0, 0.05) is 20.6 Å². The molecule has 0 radical (unpaired) electrons. The summed E-state index contributed by atoms with van der Waals surface area (Å²) in [6, 6.07) is 5.40. The molecule has 0 aliphatic heterocycles. The van der Waals surface area contributed by atoms with Crippen molar-refractivity contribution in [2.24, 2.45) is 0 Å². The zero-order valence-corrected chi connectivity index (χ0v) is 13.4. The van der Waals surface area contributed by atoms with E-state index in [2.05, 4.69) is 21.2 Å². The first kappa shape index (κ1) is 16.3. The maximum atomic E-state index is 14.1.